The second-order valence-electron chi connectivity index (χ2n) is 6.08. The second-order valence-corrected chi connectivity index (χ2v) is 6.08. The van der Waals surface area contributed by atoms with Gasteiger partial charge < -0.3 is 4.74 Å². The highest BCUT2D eigenvalue weighted by atomic mass is 19.1. The number of ether oxygens (including phenoxy) is 1. The fourth-order valence-corrected chi connectivity index (χ4v) is 2.71. The van der Waals surface area contributed by atoms with Gasteiger partial charge in [0.1, 0.15) is 5.82 Å². The highest BCUT2D eigenvalue weighted by Gasteiger charge is 2.11. The quantitative estimate of drug-likeness (QED) is 0.532. The number of benzene rings is 2. The summed E-state index contributed by atoms with van der Waals surface area (Å²) in [5, 5.41) is 4.39. The molecule has 3 aromatic rings. The van der Waals surface area contributed by atoms with Crippen LogP contribution in [0.5, 0.6) is 0 Å². The van der Waals surface area contributed by atoms with Crippen molar-refractivity contribution in [2.45, 2.75) is 13.0 Å². The van der Waals surface area contributed by atoms with E-state index in [4.69, 9.17) is 0 Å². The molecule has 0 radical (unpaired) electrons. The summed E-state index contributed by atoms with van der Waals surface area (Å²) < 4.78 is 18.4. The van der Waals surface area contributed by atoms with Gasteiger partial charge in [-0.1, -0.05) is 18.2 Å². The summed E-state index contributed by atoms with van der Waals surface area (Å²) in [4.78, 5) is 20.0. The molecular weight excluding hydrogens is 345 g/mol. The Bertz CT molecular complexity index is 988. The highest BCUT2D eigenvalue weighted by molar-refractivity contribution is 5.91. The number of pyridine rings is 1. The zero-order chi connectivity index (χ0) is 19.2. The summed E-state index contributed by atoms with van der Waals surface area (Å²) in [6.45, 7) is 2.44. The number of hydrogen-bond acceptors (Lipinski definition) is 5. The monoisotopic (exact) mass is 365 g/mol. The molecule has 0 saturated carbocycles. The Kier molecular flexibility index (Phi) is 5.88. The molecule has 3 rings (SSSR count). The Balaban J connectivity index is 1.59. The number of hydrogen-bond donors (Lipinski definition) is 1. The maximum Gasteiger partial charge on any atom is 0.340 e. The van der Waals surface area contributed by atoms with Gasteiger partial charge in [0.15, 0.2) is 0 Å². The molecule has 0 fully saturated rings. The van der Waals surface area contributed by atoms with Crippen LogP contribution in [0.4, 0.5) is 4.39 Å². The minimum absolute atomic E-state index is 0.0906. The minimum Gasteiger partial charge on any atom is -0.465 e. The van der Waals surface area contributed by atoms with Gasteiger partial charge >= 0.3 is 5.97 Å². The van der Waals surface area contributed by atoms with E-state index in [1.807, 2.05) is 24.3 Å². The molecule has 138 valence electrons. The average Bonchev–Trinajstić information content (AvgIpc) is 2.70. The van der Waals surface area contributed by atoms with E-state index in [1.54, 1.807) is 18.5 Å². The molecule has 6 heteroatoms. The normalized spacial score (nSPS) is 12.4. The van der Waals surface area contributed by atoms with Crippen LogP contribution in [0.15, 0.2) is 59.7 Å². The van der Waals surface area contributed by atoms with E-state index in [2.05, 4.69) is 33.0 Å². The number of fused-ring (bicyclic) bond motifs is 1. The van der Waals surface area contributed by atoms with Crippen molar-refractivity contribution in [3.05, 3.63) is 77.2 Å². The molecule has 1 heterocycles. The summed E-state index contributed by atoms with van der Waals surface area (Å²) in [5.41, 5.74) is 2.58. The first-order valence-corrected chi connectivity index (χ1v) is 8.54. The van der Waals surface area contributed by atoms with Crippen LogP contribution in [0, 0.1) is 5.82 Å². The lowest BCUT2D eigenvalue weighted by molar-refractivity contribution is 0.0595. The average molecular weight is 365 g/mol. The fourth-order valence-electron chi connectivity index (χ4n) is 2.71. The Morgan fingerprint density at radius 2 is 2.15 bits per heavy atom. The topological polar surface area (TPSA) is 63.6 Å². The molecule has 0 amide bonds. The number of aliphatic imine (C=N–C) groups is 1. The summed E-state index contributed by atoms with van der Waals surface area (Å²) in [6.07, 6.45) is 3.34. The second kappa shape index (κ2) is 8.51. The number of methoxy groups -OCH3 is 1. The van der Waals surface area contributed by atoms with Crippen LogP contribution in [0.3, 0.4) is 0 Å². The molecule has 1 N–H and O–H groups in total. The molecule has 1 aromatic heterocycles. The van der Waals surface area contributed by atoms with Gasteiger partial charge in [-0.3, -0.25) is 15.3 Å². The van der Waals surface area contributed by atoms with Crippen LogP contribution in [0.25, 0.3) is 10.9 Å². The summed E-state index contributed by atoms with van der Waals surface area (Å²) >= 11 is 0. The molecule has 5 nitrogen and oxygen atoms in total. The highest BCUT2D eigenvalue weighted by Crippen LogP contribution is 2.18. The van der Waals surface area contributed by atoms with Gasteiger partial charge in [-0.15, -0.1) is 0 Å². The first-order valence-electron chi connectivity index (χ1n) is 8.54. The first kappa shape index (κ1) is 18.7. The van der Waals surface area contributed by atoms with Crippen molar-refractivity contribution in [2.75, 3.05) is 13.8 Å². The van der Waals surface area contributed by atoms with Gasteiger partial charge in [0.2, 0.25) is 0 Å². The van der Waals surface area contributed by atoms with Gasteiger partial charge in [-0.05, 0) is 48.4 Å². The van der Waals surface area contributed by atoms with Crippen molar-refractivity contribution in [1.29, 1.82) is 0 Å². The number of carbonyl (C=O) groups is 1. The van der Waals surface area contributed by atoms with E-state index in [0.717, 1.165) is 16.5 Å². The molecule has 1 unspecified atom stereocenters. The Morgan fingerprint density at radius 3 is 2.93 bits per heavy atom. The van der Waals surface area contributed by atoms with Gasteiger partial charge in [-0.2, -0.15) is 0 Å². The molecule has 0 aliphatic heterocycles. The van der Waals surface area contributed by atoms with Gasteiger partial charge in [0.05, 0.1) is 24.9 Å². The lowest BCUT2D eigenvalue weighted by atomic mass is 10.1. The van der Waals surface area contributed by atoms with Crippen molar-refractivity contribution in [3.63, 3.8) is 0 Å². The molecule has 0 bridgehead atoms. The molecule has 2 aromatic carbocycles. The maximum atomic E-state index is 13.9. The zero-order valence-electron chi connectivity index (χ0n) is 15.1. The molecule has 27 heavy (non-hydrogen) atoms. The standard InChI is InChI=1S/C21H20FN3O2/c1-14(16-6-8-20-17(11-16)4-3-9-24-20)25-13-23-12-15-5-7-18(19(22)10-15)21(26)27-2/h3-12,14,25H,13H2,1-2H3/b23-12+. The number of nitrogens with zero attached hydrogens (tertiary/aromatic N) is 2. The summed E-state index contributed by atoms with van der Waals surface area (Å²) in [6, 6.07) is 14.5. The van der Waals surface area contributed by atoms with Gasteiger partial charge in [0, 0.05) is 23.8 Å². The van der Waals surface area contributed by atoms with Crippen molar-refractivity contribution in [2.24, 2.45) is 4.99 Å². The smallest absolute Gasteiger partial charge is 0.340 e. The van der Waals surface area contributed by atoms with Crippen LogP contribution in [-0.4, -0.2) is 30.9 Å². The predicted molar refractivity (Wildman–Crippen MR) is 103 cm³/mol. The van der Waals surface area contributed by atoms with Crippen molar-refractivity contribution in [3.8, 4) is 0 Å². The number of rotatable bonds is 6. The van der Waals surface area contributed by atoms with Crippen molar-refractivity contribution < 1.29 is 13.9 Å². The summed E-state index contributed by atoms with van der Waals surface area (Å²) in [5.74, 6) is -1.33. The van der Waals surface area contributed by atoms with E-state index in [-0.39, 0.29) is 11.6 Å². The van der Waals surface area contributed by atoms with Crippen LogP contribution in [0.1, 0.15) is 34.5 Å². The third-order valence-corrected chi connectivity index (χ3v) is 4.25. The maximum absolute atomic E-state index is 13.9. The van der Waals surface area contributed by atoms with Gasteiger partial charge in [-0.25, -0.2) is 9.18 Å². The molecule has 0 spiro atoms. The summed E-state index contributed by atoms with van der Waals surface area (Å²) in [7, 11) is 1.22. The van der Waals surface area contributed by atoms with Crippen molar-refractivity contribution in [1.82, 2.24) is 10.3 Å². The lowest BCUT2D eigenvalue weighted by Gasteiger charge is -2.13. The molecule has 0 saturated heterocycles. The third kappa shape index (κ3) is 4.54. The molecular formula is C21H20FN3O2. The fraction of sp³-hybridized carbons (Fsp3) is 0.190. The van der Waals surface area contributed by atoms with Crippen LogP contribution in [-0.2, 0) is 4.74 Å². The van der Waals surface area contributed by atoms with Crippen LogP contribution >= 0.6 is 0 Å². The van der Waals surface area contributed by atoms with E-state index < -0.39 is 11.8 Å². The number of halogens is 1. The lowest BCUT2D eigenvalue weighted by Crippen LogP contribution is -2.18. The Morgan fingerprint density at radius 1 is 1.30 bits per heavy atom. The number of nitrogens with one attached hydrogen (secondary N) is 1. The number of esters is 1. The minimum atomic E-state index is -0.697. The number of carbonyl (C=O) groups excluding carboxylic acids is 1. The SMILES string of the molecule is COC(=O)c1ccc(/C=N/CNC(C)c2ccc3ncccc3c2)cc1F. The Labute approximate surface area is 156 Å². The molecule has 1 atom stereocenters. The zero-order valence-corrected chi connectivity index (χ0v) is 15.1. The molecule has 0 aliphatic carbocycles. The largest absolute Gasteiger partial charge is 0.465 e. The predicted octanol–water partition coefficient (Wildman–Crippen LogP) is 3.89. The number of aromatic nitrogens is 1. The van der Waals surface area contributed by atoms with Gasteiger partial charge in [0.25, 0.3) is 0 Å². The molecule has 0 aliphatic rings. The third-order valence-electron chi connectivity index (χ3n) is 4.25. The van der Waals surface area contributed by atoms with Crippen LogP contribution < -0.4 is 5.32 Å². The van der Waals surface area contributed by atoms with E-state index >= 15 is 0 Å². The first-order chi connectivity index (χ1) is 13.1. The van der Waals surface area contributed by atoms with Crippen molar-refractivity contribution >= 4 is 23.1 Å². The van der Waals surface area contributed by atoms with E-state index in [1.165, 1.54) is 19.2 Å². The van der Waals surface area contributed by atoms with Crippen LogP contribution in [0.2, 0.25) is 0 Å². The Hall–Kier alpha value is -3.12. The van der Waals surface area contributed by atoms with E-state index in [9.17, 15) is 9.18 Å². The van der Waals surface area contributed by atoms with E-state index in [0.29, 0.717) is 12.2 Å².